The third-order valence-electron chi connectivity index (χ3n) is 5.61. The summed E-state index contributed by atoms with van der Waals surface area (Å²) in [6, 6.07) is 16.0. The lowest BCUT2D eigenvalue weighted by Gasteiger charge is -2.23. The van der Waals surface area contributed by atoms with Gasteiger partial charge in [0.1, 0.15) is 10.2 Å². The molecule has 0 fully saturated rings. The topological polar surface area (TPSA) is 144 Å². The normalized spacial score (nSPS) is 11.2. The van der Waals surface area contributed by atoms with Gasteiger partial charge < -0.3 is 5.11 Å². The summed E-state index contributed by atoms with van der Waals surface area (Å²) in [6.45, 7) is 4.70. The first-order chi connectivity index (χ1) is 19.3. The number of fused-ring (bicyclic) bond motifs is 1. The molecular formula is C26H22Cl2IN7O4S. The first kappa shape index (κ1) is 30.6. The van der Waals surface area contributed by atoms with Crippen LogP contribution in [0.4, 0.5) is 5.69 Å². The van der Waals surface area contributed by atoms with E-state index in [1.165, 1.54) is 24.3 Å². The molecule has 0 aliphatic rings. The van der Waals surface area contributed by atoms with E-state index in [2.05, 4.69) is 48.1 Å². The molecule has 11 nitrogen and oxygen atoms in total. The van der Waals surface area contributed by atoms with Gasteiger partial charge in [-0.1, -0.05) is 23.2 Å². The van der Waals surface area contributed by atoms with Crippen LogP contribution in [-0.2, 0) is 14.8 Å². The van der Waals surface area contributed by atoms with E-state index in [1.807, 2.05) is 26.0 Å². The number of benzene rings is 2. The number of sulfonamides is 1. The third-order valence-corrected chi connectivity index (χ3v) is 8.37. The maximum absolute atomic E-state index is 13.4. The number of carboxylic acid groups (broad SMARTS) is 1. The highest BCUT2D eigenvalue weighted by atomic mass is 127. The fourth-order valence-corrected chi connectivity index (χ4v) is 6.14. The van der Waals surface area contributed by atoms with Crippen LogP contribution in [0, 0.1) is 24.5 Å². The van der Waals surface area contributed by atoms with Gasteiger partial charge in [-0.3, -0.25) is 9.10 Å². The molecule has 3 heterocycles. The molecule has 1 N–H and O–H groups in total. The van der Waals surface area contributed by atoms with Crippen molar-refractivity contribution in [3.8, 4) is 5.82 Å². The molecule has 2 aromatic carbocycles. The van der Waals surface area contributed by atoms with E-state index < -0.39 is 22.5 Å². The van der Waals surface area contributed by atoms with Crippen molar-refractivity contribution in [1.82, 2.24) is 30.2 Å². The number of rotatable bonds is 6. The van der Waals surface area contributed by atoms with Crippen molar-refractivity contribution in [3.63, 3.8) is 0 Å². The second-order valence-electron chi connectivity index (χ2n) is 8.74. The van der Waals surface area contributed by atoms with Crippen LogP contribution < -0.4 is 4.31 Å². The van der Waals surface area contributed by atoms with E-state index in [-0.39, 0.29) is 20.6 Å². The number of nitrogens with zero attached hydrogens (tertiary/aromatic N) is 7. The molecule has 0 unspecified atom stereocenters. The van der Waals surface area contributed by atoms with Gasteiger partial charge in [0, 0.05) is 15.4 Å². The van der Waals surface area contributed by atoms with Crippen LogP contribution in [0.1, 0.15) is 17.1 Å². The summed E-state index contributed by atoms with van der Waals surface area (Å²) in [6.07, 6.45) is 0. The Balaban J connectivity index is 0.000000417. The van der Waals surface area contributed by atoms with E-state index in [9.17, 15) is 18.3 Å². The first-order valence-corrected chi connectivity index (χ1v) is 15.1. The number of halogens is 3. The number of aryl methyl sites for hydroxylation is 3. The Morgan fingerprint density at radius 3 is 2.07 bits per heavy atom. The summed E-state index contributed by atoms with van der Waals surface area (Å²) in [5.74, 6) is -0.829. The highest BCUT2D eigenvalue weighted by molar-refractivity contribution is 14.1. The van der Waals surface area contributed by atoms with Crippen LogP contribution in [0.3, 0.4) is 0 Å². The highest BCUT2D eigenvalue weighted by Crippen LogP contribution is 2.31. The number of carbonyl (C=O) groups is 1. The molecule has 41 heavy (non-hydrogen) atoms. The van der Waals surface area contributed by atoms with Crippen molar-refractivity contribution in [2.75, 3.05) is 10.8 Å². The number of aromatic nitrogens is 6. The molecular weight excluding hydrogens is 704 g/mol. The van der Waals surface area contributed by atoms with Crippen molar-refractivity contribution >= 4 is 78.4 Å². The smallest absolute Gasteiger partial charge is 0.324 e. The van der Waals surface area contributed by atoms with Crippen LogP contribution in [-0.4, -0.2) is 56.2 Å². The minimum absolute atomic E-state index is 0.114. The highest BCUT2D eigenvalue weighted by Gasteiger charge is 2.28. The van der Waals surface area contributed by atoms with Crippen molar-refractivity contribution in [3.05, 3.63) is 91.5 Å². The standard InChI is InChI=1S/C21H17Cl2N5O4S.C5H5IN2/c1-12-3-6-20(25-24-12)28-19-5-4-16(10-18(19)13(2)26-28)27(11-21(29)30)33(31,32)17-8-14(22)7-15(23)9-17;1-4-2-3-5(6)8-7-4/h3-10H,11H2,1-2H3,(H,29,30);2-3H,1H3. The van der Waals surface area contributed by atoms with Gasteiger partial charge in [-0.05, 0) is 104 Å². The lowest BCUT2D eigenvalue weighted by Crippen LogP contribution is -2.35. The summed E-state index contributed by atoms with van der Waals surface area (Å²) in [5, 5.41) is 30.6. The van der Waals surface area contributed by atoms with Crippen LogP contribution in [0.25, 0.3) is 16.7 Å². The van der Waals surface area contributed by atoms with Crippen molar-refractivity contribution in [2.24, 2.45) is 0 Å². The maximum Gasteiger partial charge on any atom is 0.324 e. The average molecular weight is 726 g/mol. The molecule has 0 aliphatic carbocycles. The molecule has 5 aromatic rings. The molecule has 0 spiro atoms. The zero-order valence-corrected chi connectivity index (χ0v) is 26.3. The summed E-state index contributed by atoms with van der Waals surface area (Å²) in [5.41, 5.74) is 3.13. The van der Waals surface area contributed by atoms with E-state index in [0.717, 1.165) is 19.4 Å². The van der Waals surface area contributed by atoms with Crippen molar-refractivity contribution < 1.29 is 18.3 Å². The van der Waals surface area contributed by atoms with E-state index in [4.69, 9.17) is 23.2 Å². The fraction of sp³-hybridized carbons (Fsp3) is 0.154. The van der Waals surface area contributed by atoms with Gasteiger partial charge in [-0.2, -0.15) is 15.3 Å². The Morgan fingerprint density at radius 1 is 0.902 bits per heavy atom. The predicted molar refractivity (Wildman–Crippen MR) is 164 cm³/mol. The van der Waals surface area contributed by atoms with Gasteiger partial charge in [-0.15, -0.1) is 10.2 Å². The molecule has 0 aliphatic heterocycles. The van der Waals surface area contributed by atoms with Gasteiger partial charge in [0.25, 0.3) is 10.0 Å². The van der Waals surface area contributed by atoms with Crippen LogP contribution in [0.15, 0.2) is 65.6 Å². The Hall–Kier alpha value is -3.40. The SMILES string of the molecule is Cc1ccc(-n2nc(C)c3cc(N(CC(=O)O)S(=O)(=O)c4cc(Cl)cc(Cl)c4)ccc32)nn1.Cc1ccc(I)nn1. The molecule has 0 atom stereocenters. The van der Waals surface area contributed by atoms with E-state index in [0.29, 0.717) is 22.4 Å². The van der Waals surface area contributed by atoms with Gasteiger partial charge in [0.05, 0.1) is 33.2 Å². The molecule has 0 bridgehead atoms. The Kier molecular flexibility index (Phi) is 9.41. The average Bonchev–Trinajstić information content (AvgIpc) is 3.24. The summed E-state index contributed by atoms with van der Waals surface area (Å²) >= 11 is 14.1. The number of hydrogen-bond acceptors (Lipinski definition) is 8. The van der Waals surface area contributed by atoms with Crippen molar-refractivity contribution in [1.29, 1.82) is 0 Å². The Morgan fingerprint density at radius 2 is 1.54 bits per heavy atom. The Labute approximate surface area is 259 Å². The number of aliphatic carboxylic acids is 1. The summed E-state index contributed by atoms with van der Waals surface area (Å²) in [7, 11) is -4.29. The van der Waals surface area contributed by atoms with Gasteiger partial charge in [0.15, 0.2) is 5.82 Å². The monoisotopic (exact) mass is 725 g/mol. The molecule has 15 heteroatoms. The van der Waals surface area contributed by atoms with Gasteiger partial charge in [-0.25, -0.2) is 13.1 Å². The largest absolute Gasteiger partial charge is 0.480 e. The molecule has 0 amide bonds. The minimum Gasteiger partial charge on any atom is -0.480 e. The summed E-state index contributed by atoms with van der Waals surface area (Å²) < 4.78 is 30.0. The van der Waals surface area contributed by atoms with E-state index in [1.54, 1.807) is 35.9 Å². The molecule has 0 saturated heterocycles. The number of anilines is 1. The molecule has 0 radical (unpaired) electrons. The minimum atomic E-state index is -4.29. The first-order valence-electron chi connectivity index (χ1n) is 11.8. The second kappa shape index (κ2) is 12.6. The maximum atomic E-state index is 13.4. The predicted octanol–water partition coefficient (Wildman–Crippen LogP) is 5.41. The summed E-state index contributed by atoms with van der Waals surface area (Å²) in [4.78, 5) is 11.3. The van der Waals surface area contributed by atoms with Gasteiger partial charge >= 0.3 is 5.97 Å². The van der Waals surface area contributed by atoms with Crippen LogP contribution in [0.2, 0.25) is 10.0 Å². The number of carboxylic acids is 1. The van der Waals surface area contributed by atoms with Crippen LogP contribution in [0.5, 0.6) is 0 Å². The van der Waals surface area contributed by atoms with Gasteiger partial charge in [0.2, 0.25) is 0 Å². The molecule has 3 aromatic heterocycles. The number of hydrogen-bond donors (Lipinski definition) is 1. The third kappa shape index (κ3) is 7.28. The molecule has 212 valence electrons. The second-order valence-corrected chi connectivity index (χ2v) is 12.6. The molecule has 5 rings (SSSR count). The lowest BCUT2D eigenvalue weighted by atomic mass is 10.2. The van der Waals surface area contributed by atoms with Crippen molar-refractivity contribution in [2.45, 2.75) is 25.7 Å². The molecule has 0 saturated carbocycles. The quantitative estimate of drug-likeness (QED) is 0.227. The lowest BCUT2D eigenvalue weighted by molar-refractivity contribution is -0.135. The van der Waals surface area contributed by atoms with E-state index >= 15 is 0 Å². The van der Waals surface area contributed by atoms with Crippen LogP contribution >= 0.6 is 45.8 Å². The Bertz CT molecular complexity index is 1790. The zero-order valence-electron chi connectivity index (χ0n) is 21.8. The zero-order chi connectivity index (χ0) is 29.9. The fourth-order valence-electron chi connectivity index (χ4n) is 3.72.